The van der Waals surface area contributed by atoms with Crippen LogP contribution in [0.15, 0.2) is 78.3 Å². The number of piperazine rings is 1. The zero-order valence-electron chi connectivity index (χ0n) is 26.0. The lowest BCUT2D eigenvalue weighted by molar-refractivity contribution is -0.134. The van der Waals surface area contributed by atoms with Gasteiger partial charge in [0.15, 0.2) is 0 Å². The number of carbonyl (C=O) groups is 1. The van der Waals surface area contributed by atoms with E-state index in [9.17, 15) is 13.2 Å². The molecule has 1 atom stereocenters. The summed E-state index contributed by atoms with van der Waals surface area (Å²) < 4.78 is 37.4. The van der Waals surface area contributed by atoms with Gasteiger partial charge in [-0.2, -0.15) is 9.40 Å². The molecule has 248 valence electrons. The van der Waals surface area contributed by atoms with Gasteiger partial charge in [0.05, 0.1) is 10.7 Å². The minimum absolute atomic E-state index is 0.0442. The van der Waals surface area contributed by atoms with E-state index in [1.54, 1.807) is 28.2 Å². The number of sulfonamides is 1. The predicted octanol–water partition coefficient (Wildman–Crippen LogP) is 4.91. The quantitative estimate of drug-likeness (QED) is 0.221. The van der Waals surface area contributed by atoms with Crippen molar-refractivity contribution in [1.29, 1.82) is 0 Å². The van der Waals surface area contributed by atoms with Crippen LogP contribution in [0.3, 0.4) is 0 Å². The second-order valence-corrected chi connectivity index (χ2v) is 14.3. The summed E-state index contributed by atoms with van der Waals surface area (Å²) >= 11 is 13.4. The van der Waals surface area contributed by atoms with E-state index < -0.39 is 16.1 Å². The highest BCUT2D eigenvalue weighted by atomic mass is 35.5. The van der Waals surface area contributed by atoms with Gasteiger partial charge in [-0.05, 0) is 56.2 Å². The molecule has 0 spiro atoms. The monoisotopic (exact) mass is 706 g/mol. The van der Waals surface area contributed by atoms with Gasteiger partial charge in [-0.3, -0.25) is 4.79 Å². The molecule has 7 rings (SSSR count). The molecule has 12 nitrogen and oxygen atoms in total. The number of anilines is 1. The van der Waals surface area contributed by atoms with Crippen LogP contribution in [-0.2, 0) is 21.4 Å². The number of nitrogens with zero attached hydrogens (tertiary/aromatic N) is 8. The third-order valence-electron chi connectivity index (χ3n) is 8.74. The fourth-order valence-electron chi connectivity index (χ4n) is 6.33. The fourth-order valence-corrected chi connectivity index (χ4v) is 8.85. The van der Waals surface area contributed by atoms with Crippen LogP contribution in [0.1, 0.15) is 24.1 Å². The summed E-state index contributed by atoms with van der Waals surface area (Å²) in [5.41, 5.74) is 2.44. The first-order valence-electron chi connectivity index (χ1n) is 15.5. The molecule has 0 N–H and O–H groups in total. The average Bonchev–Trinajstić information content (AvgIpc) is 3.82. The van der Waals surface area contributed by atoms with E-state index in [1.165, 1.54) is 22.8 Å². The normalized spacial score (nSPS) is 17.3. The lowest BCUT2D eigenvalue weighted by Crippen LogP contribution is -2.54. The van der Waals surface area contributed by atoms with Gasteiger partial charge in [-0.1, -0.05) is 41.4 Å². The highest BCUT2D eigenvalue weighted by Crippen LogP contribution is 2.37. The Bertz CT molecular complexity index is 2070. The van der Waals surface area contributed by atoms with Gasteiger partial charge in [0, 0.05) is 60.6 Å². The highest BCUT2D eigenvalue weighted by Gasteiger charge is 2.42. The van der Waals surface area contributed by atoms with Crippen LogP contribution >= 0.6 is 23.2 Å². The Kier molecular flexibility index (Phi) is 8.94. The van der Waals surface area contributed by atoms with Crippen LogP contribution < -0.4 is 9.64 Å². The molecule has 1 amide bonds. The lowest BCUT2D eigenvalue weighted by atomic mass is 10.1. The van der Waals surface area contributed by atoms with Crippen LogP contribution in [0.2, 0.25) is 10.0 Å². The summed E-state index contributed by atoms with van der Waals surface area (Å²) in [6, 6.07) is 15.2. The van der Waals surface area contributed by atoms with Crippen molar-refractivity contribution in [3.63, 3.8) is 0 Å². The Balaban J connectivity index is 1.11. The molecule has 2 aliphatic rings. The molecule has 1 unspecified atom stereocenters. The first kappa shape index (κ1) is 32.3. The van der Waals surface area contributed by atoms with E-state index in [-0.39, 0.29) is 34.0 Å². The van der Waals surface area contributed by atoms with Gasteiger partial charge >= 0.3 is 0 Å². The van der Waals surface area contributed by atoms with Crippen LogP contribution in [-0.4, -0.2) is 87.0 Å². The standard InChI is InChI=1S/C33H32Cl2N8O4S/c1-22-18-27(42-21-36-20-38-42)23-6-4-8-28(32(23)39-22)47-19-24-25(34)10-11-29(31(24)35)48(45,46)43-13-5-7-26(43)33(44)41-16-14-40(15-17-41)30-9-2-3-12-37-30/h2-4,6,8-12,18,20-21,26H,5,7,13-17,19H2,1H3. The maximum atomic E-state index is 14.1. The SMILES string of the molecule is Cc1cc(-n2cncn2)c2cccc(OCc3c(Cl)ccc(S(=O)(=O)N4CCCC4C(=O)N4CCN(c5ccccn5)CC4)c3Cl)c2n1. The molecule has 2 fully saturated rings. The highest BCUT2D eigenvalue weighted by molar-refractivity contribution is 7.89. The topological polar surface area (TPSA) is 127 Å². The molecular weight excluding hydrogens is 675 g/mol. The molecule has 0 saturated carbocycles. The van der Waals surface area contributed by atoms with Crippen LogP contribution in [0.5, 0.6) is 5.75 Å². The number of amides is 1. The number of pyridine rings is 2. The fraction of sp³-hybridized carbons (Fsp3) is 0.303. The van der Waals surface area contributed by atoms with Gasteiger partial charge in [0.2, 0.25) is 15.9 Å². The van der Waals surface area contributed by atoms with E-state index >= 15 is 0 Å². The van der Waals surface area contributed by atoms with E-state index in [2.05, 4.69) is 20.0 Å². The molecular formula is C33H32Cl2N8O4S. The van der Waals surface area contributed by atoms with Crippen molar-refractivity contribution >= 4 is 55.9 Å². The molecule has 5 aromatic rings. The number of aryl methyl sites for hydroxylation is 1. The maximum absolute atomic E-state index is 14.1. The smallest absolute Gasteiger partial charge is 0.245 e. The molecule has 48 heavy (non-hydrogen) atoms. The molecule has 0 bridgehead atoms. The first-order chi connectivity index (χ1) is 23.2. The Hall–Kier alpha value is -4.30. The number of hydrogen-bond donors (Lipinski definition) is 0. The first-order valence-corrected chi connectivity index (χ1v) is 17.7. The predicted molar refractivity (Wildman–Crippen MR) is 182 cm³/mol. The maximum Gasteiger partial charge on any atom is 0.245 e. The van der Waals surface area contributed by atoms with E-state index in [1.807, 2.05) is 43.3 Å². The summed E-state index contributed by atoms with van der Waals surface area (Å²) in [5.74, 6) is 1.12. The molecule has 0 aliphatic carbocycles. The second-order valence-electron chi connectivity index (χ2n) is 11.7. The van der Waals surface area contributed by atoms with Gasteiger partial charge in [0.1, 0.15) is 47.3 Å². The van der Waals surface area contributed by atoms with Crippen molar-refractivity contribution in [3.05, 3.63) is 94.8 Å². The van der Waals surface area contributed by atoms with E-state index in [0.717, 1.165) is 22.6 Å². The van der Waals surface area contributed by atoms with Gasteiger partial charge < -0.3 is 14.5 Å². The van der Waals surface area contributed by atoms with Crippen LogP contribution in [0.25, 0.3) is 16.6 Å². The number of fused-ring (bicyclic) bond motifs is 1. The summed E-state index contributed by atoms with van der Waals surface area (Å²) in [4.78, 5) is 30.6. The molecule has 2 saturated heterocycles. The molecule has 3 aromatic heterocycles. The zero-order chi connectivity index (χ0) is 33.4. The number of benzene rings is 2. The second kappa shape index (κ2) is 13.3. The summed E-state index contributed by atoms with van der Waals surface area (Å²) in [5, 5.41) is 5.26. The Morgan fingerprint density at radius 3 is 2.60 bits per heavy atom. The average molecular weight is 708 g/mol. The van der Waals surface area contributed by atoms with E-state index in [0.29, 0.717) is 55.9 Å². The molecule has 15 heteroatoms. The number of hydrogen-bond acceptors (Lipinski definition) is 9. The van der Waals surface area contributed by atoms with Crippen molar-refractivity contribution in [3.8, 4) is 11.4 Å². The van der Waals surface area contributed by atoms with Crippen molar-refractivity contribution in [2.75, 3.05) is 37.6 Å². The number of ether oxygens (including phenoxy) is 1. The molecule has 2 aromatic carbocycles. The molecule has 2 aliphatic heterocycles. The van der Waals surface area contributed by atoms with Crippen molar-refractivity contribution in [2.24, 2.45) is 0 Å². The lowest BCUT2D eigenvalue weighted by Gasteiger charge is -2.37. The van der Waals surface area contributed by atoms with Crippen LogP contribution in [0.4, 0.5) is 5.82 Å². The summed E-state index contributed by atoms with van der Waals surface area (Å²) in [6.07, 6.45) is 5.80. The zero-order valence-corrected chi connectivity index (χ0v) is 28.4. The number of para-hydroxylation sites is 1. The largest absolute Gasteiger partial charge is 0.487 e. The van der Waals surface area contributed by atoms with E-state index in [4.69, 9.17) is 32.9 Å². The number of carbonyl (C=O) groups excluding carboxylic acids is 1. The van der Waals surface area contributed by atoms with Crippen molar-refractivity contribution < 1.29 is 17.9 Å². The Labute approximate surface area is 287 Å². The Morgan fingerprint density at radius 1 is 1.02 bits per heavy atom. The summed E-state index contributed by atoms with van der Waals surface area (Å²) in [7, 11) is -4.16. The number of halogens is 2. The minimum atomic E-state index is -4.16. The van der Waals surface area contributed by atoms with Gasteiger partial charge in [-0.25, -0.2) is 28.1 Å². The van der Waals surface area contributed by atoms with Gasteiger partial charge in [-0.15, -0.1) is 0 Å². The number of rotatable bonds is 8. The van der Waals surface area contributed by atoms with Gasteiger partial charge in [0.25, 0.3) is 0 Å². The third kappa shape index (κ3) is 6.07. The molecule has 0 radical (unpaired) electrons. The van der Waals surface area contributed by atoms with Crippen LogP contribution in [0, 0.1) is 6.92 Å². The Morgan fingerprint density at radius 2 is 1.85 bits per heavy atom. The van der Waals surface area contributed by atoms with Crippen molar-refractivity contribution in [2.45, 2.75) is 37.3 Å². The minimum Gasteiger partial charge on any atom is -0.487 e. The number of aromatic nitrogens is 5. The molecule has 5 heterocycles. The third-order valence-corrected chi connectivity index (χ3v) is 11.6. The van der Waals surface area contributed by atoms with Crippen molar-refractivity contribution in [1.82, 2.24) is 33.9 Å². The summed E-state index contributed by atoms with van der Waals surface area (Å²) in [6.45, 7) is 4.16.